The Labute approximate surface area is 131 Å². The topological polar surface area (TPSA) is 47.0 Å². The number of nitrogens with zero attached hydrogens (tertiary/aromatic N) is 2. The van der Waals surface area contributed by atoms with E-state index in [1.165, 1.54) is 6.07 Å². The molecule has 0 unspecified atom stereocenters. The van der Waals surface area contributed by atoms with Crippen molar-refractivity contribution in [3.63, 3.8) is 0 Å². The Hall–Kier alpha value is -1.99. The van der Waals surface area contributed by atoms with E-state index in [4.69, 9.17) is 4.74 Å². The summed E-state index contributed by atoms with van der Waals surface area (Å²) >= 11 is 0. The van der Waals surface area contributed by atoms with Crippen LogP contribution in [-0.4, -0.2) is 29.7 Å². The summed E-state index contributed by atoms with van der Waals surface area (Å²) in [5.74, 6) is 0. The zero-order valence-corrected chi connectivity index (χ0v) is 12.3. The fourth-order valence-electron chi connectivity index (χ4n) is 2.39. The van der Waals surface area contributed by atoms with Crippen LogP contribution in [0.15, 0.2) is 36.7 Å². The highest BCUT2D eigenvalue weighted by Crippen LogP contribution is 2.28. The smallest absolute Gasteiger partial charge is 0.369 e. The number of ether oxygens (including phenoxy) is 1. The highest BCUT2D eigenvalue weighted by Gasteiger charge is 2.30. The van der Waals surface area contributed by atoms with Gasteiger partial charge < -0.3 is 10.1 Å². The molecule has 1 aliphatic rings. The first-order valence-corrected chi connectivity index (χ1v) is 7.31. The van der Waals surface area contributed by atoms with Gasteiger partial charge in [-0.05, 0) is 23.8 Å². The SMILES string of the molecule is FC(F)(F)c1ccc(Cc2ccc([C@@H]3CNCCO3)nc2)nc1. The number of alkyl halides is 3. The van der Waals surface area contributed by atoms with Gasteiger partial charge in [0.2, 0.25) is 0 Å². The van der Waals surface area contributed by atoms with Crippen molar-refractivity contribution < 1.29 is 17.9 Å². The fraction of sp³-hybridized carbons (Fsp3) is 0.375. The molecule has 0 amide bonds. The molecular formula is C16H16F3N3O. The van der Waals surface area contributed by atoms with Crippen LogP contribution < -0.4 is 5.32 Å². The van der Waals surface area contributed by atoms with Gasteiger partial charge in [-0.2, -0.15) is 13.2 Å². The van der Waals surface area contributed by atoms with Crippen LogP contribution in [0.3, 0.4) is 0 Å². The predicted molar refractivity (Wildman–Crippen MR) is 77.8 cm³/mol. The van der Waals surface area contributed by atoms with Gasteiger partial charge in [0.05, 0.1) is 17.9 Å². The normalized spacial score (nSPS) is 18.8. The van der Waals surface area contributed by atoms with Gasteiger partial charge in [-0.15, -0.1) is 0 Å². The Kier molecular flexibility index (Phi) is 4.58. The first kappa shape index (κ1) is 15.9. The maximum atomic E-state index is 12.5. The molecule has 0 spiro atoms. The van der Waals surface area contributed by atoms with E-state index in [2.05, 4.69) is 15.3 Å². The highest BCUT2D eigenvalue weighted by molar-refractivity contribution is 5.24. The van der Waals surface area contributed by atoms with Gasteiger partial charge >= 0.3 is 6.18 Å². The number of nitrogens with one attached hydrogen (secondary N) is 1. The van der Waals surface area contributed by atoms with Gasteiger partial charge in [-0.1, -0.05) is 6.07 Å². The maximum Gasteiger partial charge on any atom is 0.417 e. The summed E-state index contributed by atoms with van der Waals surface area (Å²) in [4.78, 5) is 8.25. The minimum absolute atomic E-state index is 0.0537. The zero-order chi connectivity index (χ0) is 16.3. The molecule has 23 heavy (non-hydrogen) atoms. The van der Waals surface area contributed by atoms with Crippen LogP contribution in [0.4, 0.5) is 13.2 Å². The first-order valence-electron chi connectivity index (χ1n) is 7.31. The predicted octanol–water partition coefficient (Wildman–Crippen LogP) is 2.75. The van der Waals surface area contributed by atoms with E-state index in [0.717, 1.165) is 36.6 Å². The summed E-state index contributed by atoms with van der Waals surface area (Å²) in [5, 5.41) is 3.24. The van der Waals surface area contributed by atoms with Crippen LogP contribution in [-0.2, 0) is 17.3 Å². The number of rotatable bonds is 3. The lowest BCUT2D eigenvalue weighted by Crippen LogP contribution is -2.33. The van der Waals surface area contributed by atoms with Crippen LogP contribution in [0, 0.1) is 0 Å². The molecule has 3 heterocycles. The minimum atomic E-state index is -4.36. The molecule has 1 N–H and O–H groups in total. The Bertz CT molecular complexity index is 635. The largest absolute Gasteiger partial charge is 0.417 e. The van der Waals surface area contributed by atoms with Crippen molar-refractivity contribution in [1.82, 2.24) is 15.3 Å². The molecule has 7 heteroatoms. The van der Waals surface area contributed by atoms with Crippen molar-refractivity contribution in [3.05, 3.63) is 59.2 Å². The molecule has 1 aliphatic heterocycles. The van der Waals surface area contributed by atoms with Crippen LogP contribution in [0.25, 0.3) is 0 Å². The highest BCUT2D eigenvalue weighted by atomic mass is 19.4. The molecule has 1 fully saturated rings. The third-order valence-corrected chi connectivity index (χ3v) is 3.64. The van der Waals surface area contributed by atoms with E-state index in [1.807, 2.05) is 12.1 Å². The van der Waals surface area contributed by atoms with Gasteiger partial charge in [0.1, 0.15) is 6.10 Å². The molecule has 3 rings (SSSR count). The van der Waals surface area contributed by atoms with E-state index >= 15 is 0 Å². The molecule has 0 aliphatic carbocycles. The van der Waals surface area contributed by atoms with Crippen LogP contribution in [0.5, 0.6) is 0 Å². The molecule has 1 atom stereocenters. The zero-order valence-electron chi connectivity index (χ0n) is 12.3. The number of hydrogen-bond acceptors (Lipinski definition) is 4. The van der Waals surface area contributed by atoms with Crippen molar-refractivity contribution in [3.8, 4) is 0 Å². The molecule has 4 nitrogen and oxygen atoms in total. The van der Waals surface area contributed by atoms with Crippen LogP contribution >= 0.6 is 0 Å². The lowest BCUT2D eigenvalue weighted by atomic mass is 10.1. The Morgan fingerprint density at radius 1 is 1.13 bits per heavy atom. The van der Waals surface area contributed by atoms with Crippen LogP contribution in [0.2, 0.25) is 0 Å². The van der Waals surface area contributed by atoms with Gasteiger partial charge in [0.15, 0.2) is 0 Å². The van der Waals surface area contributed by atoms with Gasteiger partial charge in [-0.25, -0.2) is 0 Å². The average molecular weight is 323 g/mol. The summed E-state index contributed by atoms with van der Waals surface area (Å²) in [6.45, 7) is 2.23. The lowest BCUT2D eigenvalue weighted by molar-refractivity contribution is -0.137. The third-order valence-electron chi connectivity index (χ3n) is 3.64. The van der Waals surface area contributed by atoms with E-state index in [1.54, 1.807) is 6.20 Å². The van der Waals surface area contributed by atoms with E-state index < -0.39 is 11.7 Å². The number of pyridine rings is 2. The third kappa shape index (κ3) is 4.05. The number of hydrogen-bond donors (Lipinski definition) is 1. The Morgan fingerprint density at radius 3 is 2.57 bits per heavy atom. The summed E-state index contributed by atoms with van der Waals surface area (Å²) < 4.78 is 43.1. The van der Waals surface area contributed by atoms with Crippen molar-refractivity contribution in [2.45, 2.75) is 18.7 Å². The second kappa shape index (κ2) is 6.64. The minimum Gasteiger partial charge on any atom is -0.369 e. The van der Waals surface area contributed by atoms with Crippen molar-refractivity contribution >= 4 is 0 Å². The quantitative estimate of drug-likeness (QED) is 0.943. The van der Waals surface area contributed by atoms with Gasteiger partial charge in [0.25, 0.3) is 0 Å². The maximum absolute atomic E-state index is 12.5. The summed E-state index contributed by atoms with van der Waals surface area (Å²) in [5.41, 5.74) is 1.57. The summed E-state index contributed by atoms with van der Waals surface area (Å²) in [6, 6.07) is 6.23. The second-order valence-electron chi connectivity index (χ2n) is 5.37. The number of halogens is 3. The lowest BCUT2D eigenvalue weighted by Gasteiger charge is -2.23. The molecule has 1 saturated heterocycles. The molecule has 122 valence electrons. The fourth-order valence-corrected chi connectivity index (χ4v) is 2.39. The molecule has 0 aromatic carbocycles. The van der Waals surface area contributed by atoms with E-state index in [9.17, 15) is 13.2 Å². The van der Waals surface area contributed by atoms with Crippen molar-refractivity contribution in [2.24, 2.45) is 0 Å². The van der Waals surface area contributed by atoms with E-state index in [-0.39, 0.29) is 6.10 Å². The monoisotopic (exact) mass is 323 g/mol. The van der Waals surface area contributed by atoms with E-state index in [0.29, 0.717) is 18.7 Å². The molecule has 0 saturated carbocycles. The van der Waals surface area contributed by atoms with Crippen molar-refractivity contribution in [1.29, 1.82) is 0 Å². The molecule has 0 bridgehead atoms. The van der Waals surface area contributed by atoms with Crippen LogP contribution in [0.1, 0.15) is 28.6 Å². The Balaban J connectivity index is 1.66. The molecule has 2 aromatic heterocycles. The standard InChI is InChI=1S/C16H16F3N3O/c17-16(18,19)12-2-3-13(21-9-12)7-11-1-4-14(22-8-11)15-10-20-5-6-23-15/h1-4,8-9,15,20H,5-7,10H2/t15-/m0/s1. The Morgan fingerprint density at radius 2 is 2.00 bits per heavy atom. The number of morpholine rings is 1. The molecular weight excluding hydrogens is 307 g/mol. The average Bonchev–Trinajstić information content (AvgIpc) is 2.56. The second-order valence-corrected chi connectivity index (χ2v) is 5.37. The summed E-state index contributed by atoms with van der Waals surface area (Å²) in [7, 11) is 0. The van der Waals surface area contributed by atoms with Gasteiger partial charge in [-0.3, -0.25) is 9.97 Å². The molecule has 0 radical (unpaired) electrons. The van der Waals surface area contributed by atoms with Gasteiger partial charge in [0, 0.05) is 37.6 Å². The first-order chi connectivity index (χ1) is 11.0. The number of aromatic nitrogens is 2. The molecule has 2 aromatic rings. The van der Waals surface area contributed by atoms with Crippen molar-refractivity contribution in [2.75, 3.05) is 19.7 Å². The summed E-state index contributed by atoms with van der Waals surface area (Å²) in [6.07, 6.45) is -1.40.